The van der Waals surface area contributed by atoms with Crippen LogP contribution in [0.4, 0.5) is 0 Å². The highest BCUT2D eigenvalue weighted by Crippen LogP contribution is 2.29. The largest absolute Gasteiger partial charge is 0.493 e. The van der Waals surface area contributed by atoms with Crippen molar-refractivity contribution in [1.82, 2.24) is 10.0 Å². The summed E-state index contributed by atoms with van der Waals surface area (Å²) in [5.74, 6) is -1.39. The average Bonchev–Trinajstić information content (AvgIpc) is 3.19. The van der Waals surface area contributed by atoms with Gasteiger partial charge < -0.3 is 19.9 Å². The summed E-state index contributed by atoms with van der Waals surface area (Å²) >= 11 is 1.36. The third-order valence-corrected chi connectivity index (χ3v) is 6.36. The van der Waals surface area contributed by atoms with Gasteiger partial charge >= 0.3 is 5.97 Å². The Morgan fingerprint density at radius 3 is 2.41 bits per heavy atom. The molecule has 0 spiro atoms. The van der Waals surface area contributed by atoms with E-state index < -0.39 is 34.0 Å². The van der Waals surface area contributed by atoms with Gasteiger partial charge in [-0.2, -0.15) is 4.72 Å². The molecule has 158 valence electrons. The van der Waals surface area contributed by atoms with Crippen LogP contribution in [0.25, 0.3) is 0 Å². The number of carbonyl (C=O) groups excluding carboxylic acids is 1. The van der Waals surface area contributed by atoms with E-state index in [9.17, 15) is 18.0 Å². The summed E-state index contributed by atoms with van der Waals surface area (Å²) < 4.78 is 38.3. The van der Waals surface area contributed by atoms with Crippen molar-refractivity contribution in [3.8, 4) is 11.5 Å². The third-order valence-electron chi connectivity index (χ3n) is 3.99. The molecule has 2 rings (SSSR count). The first kappa shape index (κ1) is 22.7. The zero-order valence-corrected chi connectivity index (χ0v) is 17.7. The summed E-state index contributed by atoms with van der Waals surface area (Å²) in [7, 11) is -1.31. The summed E-state index contributed by atoms with van der Waals surface area (Å²) in [6.45, 7) is 1.30. The Balaban J connectivity index is 2.30. The topological polar surface area (TPSA) is 131 Å². The summed E-state index contributed by atoms with van der Waals surface area (Å²) in [6.07, 6.45) is 0.0718. The first-order valence-electron chi connectivity index (χ1n) is 8.48. The molecule has 29 heavy (non-hydrogen) atoms. The van der Waals surface area contributed by atoms with Crippen molar-refractivity contribution in [2.24, 2.45) is 0 Å². The van der Waals surface area contributed by atoms with Crippen LogP contribution >= 0.6 is 11.3 Å². The monoisotopic (exact) mass is 442 g/mol. The Morgan fingerprint density at radius 1 is 1.17 bits per heavy atom. The van der Waals surface area contributed by atoms with E-state index in [0.717, 1.165) is 4.88 Å². The normalized spacial score (nSPS) is 13.3. The molecule has 3 N–H and O–H groups in total. The van der Waals surface area contributed by atoms with Gasteiger partial charge in [0.1, 0.15) is 12.1 Å². The number of nitrogens with one attached hydrogen (secondary N) is 2. The lowest BCUT2D eigenvalue weighted by Crippen LogP contribution is -2.51. The Bertz CT molecular complexity index is 959. The summed E-state index contributed by atoms with van der Waals surface area (Å²) in [5.41, 5.74) is 0. The van der Waals surface area contributed by atoms with Crippen LogP contribution < -0.4 is 19.5 Å². The molecule has 0 radical (unpaired) electrons. The van der Waals surface area contributed by atoms with Crippen molar-refractivity contribution in [2.45, 2.75) is 30.3 Å². The minimum absolute atomic E-state index is 0.0718. The Morgan fingerprint density at radius 2 is 1.86 bits per heavy atom. The van der Waals surface area contributed by atoms with Crippen molar-refractivity contribution in [3.63, 3.8) is 0 Å². The van der Waals surface area contributed by atoms with Crippen molar-refractivity contribution in [2.75, 3.05) is 14.2 Å². The van der Waals surface area contributed by atoms with Gasteiger partial charge in [0.25, 0.3) is 0 Å². The van der Waals surface area contributed by atoms with E-state index >= 15 is 0 Å². The standard InChI is InChI=1S/C18H22N2O7S2/c1-11(18(22)23)19-17(21)14(9-12-5-4-8-28-12)20-29(24,25)13-6-7-15(26-2)16(10-13)27-3/h4-8,10-11,14,20H,9H2,1-3H3,(H,19,21)(H,22,23). The zero-order valence-electron chi connectivity index (χ0n) is 16.0. The molecule has 0 bridgehead atoms. The van der Waals surface area contributed by atoms with Gasteiger partial charge in [-0.1, -0.05) is 6.07 Å². The average molecular weight is 443 g/mol. The molecule has 0 saturated heterocycles. The van der Waals surface area contributed by atoms with Crippen LogP contribution in [0.3, 0.4) is 0 Å². The van der Waals surface area contributed by atoms with Crippen LogP contribution in [0.2, 0.25) is 0 Å². The predicted molar refractivity (Wildman–Crippen MR) is 107 cm³/mol. The Labute approximate surface area is 172 Å². The minimum Gasteiger partial charge on any atom is -0.493 e. The van der Waals surface area contributed by atoms with Crippen molar-refractivity contribution < 1.29 is 32.6 Å². The number of thiophene rings is 1. The van der Waals surface area contributed by atoms with E-state index in [1.54, 1.807) is 17.5 Å². The molecule has 1 heterocycles. The first-order valence-corrected chi connectivity index (χ1v) is 10.8. The van der Waals surface area contributed by atoms with Gasteiger partial charge in [0, 0.05) is 17.4 Å². The quantitative estimate of drug-likeness (QED) is 0.505. The molecular formula is C18H22N2O7S2. The van der Waals surface area contributed by atoms with E-state index in [1.807, 2.05) is 0 Å². The van der Waals surface area contributed by atoms with Gasteiger partial charge in [-0.05, 0) is 30.5 Å². The number of sulfonamides is 1. The maximum Gasteiger partial charge on any atom is 0.325 e. The van der Waals surface area contributed by atoms with E-state index in [-0.39, 0.29) is 17.1 Å². The zero-order chi connectivity index (χ0) is 21.6. The van der Waals surface area contributed by atoms with Gasteiger partial charge in [-0.3, -0.25) is 9.59 Å². The number of hydrogen-bond donors (Lipinski definition) is 3. The highest BCUT2D eigenvalue weighted by atomic mass is 32.2. The Kier molecular flexibility index (Phi) is 7.59. The number of carbonyl (C=O) groups is 2. The van der Waals surface area contributed by atoms with Gasteiger partial charge in [0.05, 0.1) is 19.1 Å². The molecule has 1 amide bonds. The van der Waals surface area contributed by atoms with Gasteiger partial charge in [-0.15, -0.1) is 11.3 Å². The molecule has 1 aromatic carbocycles. The van der Waals surface area contributed by atoms with Crippen LogP contribution in [0.1, 0.15) is 11.8 Å². The first-order chi connectivity index (χ1) is 13.7. The van der Waals surface area contributed by atoms with Crippen molar-refractivity contribution in [3.05, 3.63) is 40.6 Å². The van der Waals surface area contributed by atoms with E-state index in [4.69, 9.17) is 14.6 Å². The molecule has 9 nitrogen and oxygen atoms in total. The number of aliphatic carboxylic acids is 1. The fourth-order valence-corrected chi connectivity index (χ4v) is 4.39. The molecule has 2 unspecified atom stereocenters. The van der Waals surface area contributed by atoms with E-state index in [1.165, 1.54) is 50.7 Å². The number of rotatable bonds is 10. The van der Waals surface area contributed by atoms with Crippen molar-refractivity contribution >= 4 is 33.2 Å². The maximum absolute atomic E-state index is 12.9. The third kappa shape index (κ3) is 5.92. The van der Waals surface area contributed by atoms with Crippen LogP contribution in [0.15, 0.2) is 40.6 Å². The van der Waals surface area contributed by atoms with Crippen LogP contribution in [-0.2, 0) is 26.0 Å². The second-order valence-electron chi connectivity index (χ2n) is 6.04. The number of carboxylic acids is 1. The van der Waals surface area contributed by atoms with Crippen LogP contribution in [-0.4, -0.2) is 51.7 Å². The minimum atomic E-state index is -4.11. The molecule has 0 aliphatic rings. The molecule has 0 aliphatic carbocycles. The highest BCUT2D eigenvalue weighted by Gasteiger charge is 2.29. The number of carboxylic acid groups (broad SMARTS) is 1. The van der Waals surface area contributed by atoms with Gasteiger partial charge in [-0.25, -0.2) is 8.42 Å². The van der Waals surface area contributed by atoms with Gasteiger partial charge in [0.2, 0.25) is 15.9 Å². The fraction of sp³-hybridized carbons (Fsp3) is 0.333. The molecular weight excluding hydrogens is 420 g/mol. The van der Waals surface area contributed by atoms with Crippen molar-refractivity contribution in [1.29, 1.82) is 0 Å². The maximum atomic E-state index is 12.9. The molecule has 2 atom stereocenters. The fourth-order valence-electron chi connectivity index (χ4n) is 2.43. The lowest BCUT2D eigenvalue weighted by atomic mass is 10.1. The number of benzene rings is 1. The van der Waals surface area contributed by atoms with Crippen LogP contribution in [0.5, 0.6) is 11.5 Å². The number of methoxy groups -OCH3 is 2. The summed E-state index contributed by atoms with van der Waals surface area (Å²) in [6, 6.07) is 5.21. The number of amides is 1. The summed E-state index contributed by atoms with van der Waals surface area (Å²) in [5, 5.41) is 13.1. The lowest BCUT2D eigenvalue weighted by Gasteiger charge is -2.20. The smallest absolute Gasteiger partial charge is 0.325 e. The second kappa shape index (κ2) is 9.72. The molecule has 0 saturated carbocycles. The SMILES string of the molecule is COc1ccc(S(=O)(=O)NC(Cc2cccs2)C(=O)NC(C)C(=O)O)cc1OC. The molecule has 0 aliphatic heterocycles. The molecule has 11 heteroatoms. The predicted octanol–water partition coefficient (Wildman–Crippen LogP) is 1.24. The summed E-state index contributed by atoms with van der Waals surface area (Å²) in [4.78, 5) is 24.3. The number of ether oxygens (including phenoxy) is 2. The Hall–Kier alpha value is -2.63. The number of hydrogen-bond acceptors (Lipinski definition) is 7. The molecule has 2 aromatic rings. The highest BCUT2D eigenvalue weighted by molar-refractivity contribution is 7.89. The van der Waals surface area contributed by atoms with E-state index in [2.05, 4.69) is 10.0 Å². The molecule has 1 aromatic heterocycles. The lowest BCUT2D eigenvalue weighted by molar-refractivity contribution is -0.141. The van der Waals surface area contributed by atoms with Crippen LogP contribution in [0, 0.1) is 0 Å². The van der Waals surface area contributed by atoms with Gasteiger partial charge in [0.15, 0.2) is 11.5 Å². The van der Waals surface area contributed by atoms with E-state index in [0.29, 0.717) is 5.75 Å². The molecule has 0 fully saturated rings. The second-order valence-corrected chi connectivity index (χ2v) is 8.79.